The second kappa shape index (κ2) is 7.59. The van der Waals surface area contributed by atoms with Gasteiger partial charge < -0.3 is 10.6 Å². The molecule has 2 rings (SSSR count). The molecule has 0 aliphatic heterocycles. The van der Waals surface area contributed by atoms with Crippen molar-refractivity contribution in [3.8, 4) is 0 Å². The van der Waals surface area contributed by atoms with Crippen LogP contribution in [0.2, 0.25) is 0 Å². The monoisotopic (exact) mass is 368 g/mol. The number of halogens is 1. The van der Waals surface area contributed by atoms with Crippen LogP contribution in [-0.2, 0) is 0 Å². The van der Waals surface area contributed by atoms with Crippen LogP contribution in [0.3, 0.4) is 0 Å². The normalized spacial score (nSPS) is 15.6. The number of benzene rings is 1. The molecule has 1 aliphatic rings. The predicted octanol–water partition coefficient (Wildman–Crippen LogP) is 4.88. The van der Waals surface area contributed by atoms with Gasteiger partial charge in [0.1, 0.15) is 4.99 Å². The summed E-state index contributed by atoms with van der Waals surface area (Å²) < 4.78 is 1.00. The van der Waals surface area contributed by atoms with Crippen LogP contribution in [0.5, 0.6) is 0 Å². The quantitative estimate of drug-likeness (QED) is 0.725. The second-order valence-electron chi connectivity index (χ2n) is 6.34. The zero-order valence-electron chi connectivity index (χ0n) is 12.9. The van der Waals surface area contributed by atoms with Gasteiger partial charge in [-0.15, -0.1) is 0 Å². The second-order valence-corrected chi connectivity index (χ2v) is 7.64. The summed E-state index contributed by atoms with van der Waals surface area (Å²) in [6.45, 7) is 5.71. The Morgan fingerprint density at radius 3 is 2.57 bits per heavy atom. The van der Waals surface area contributed by atoms with Crippen molar-refractivity contribution in [2.75, 3.05) is 11.4 Å². The molecule has 0 unspecified atom stereocenters. The molecule has 0 radical (unpaired) electrons. The SMILES string of the molecule is CC(C)CCN(c1ccc(C(N)=S)c(Br)c1)C1CCCC1. The van der Waals surface area contributed by atoms with Crippen molar-refractivity contribution in [1.82, 2.24) is 0 Å². The maximum atomic E-state index is 5.75. The van der Waals surface area contributed by atoms with Gasteiger partial charge in [-0.25, -0.2) is 0 Å². The van der Waals surface area contributed by atoms with Gasteiger partial charge in [-0.2, -0.15) is 0 Å². The summed E-state index contributed by atoms with van der Waals surface area (Å²) in [4.78, 5) is 3.03. The highest BCUT2D eigenvalue weighted by molar-refractivity contribution is 9.10. The highest BCUT2D eigenvalue weighted by atomic mass is 79.9. The topological polar surface area (TPSA) is 29.3 Å². The molecule has 0 bridgehead atoms. The highest BCUT2D eigenvalue weighted by Gasteiger charge is 2.23. The van der Waals surface area contributed by atoms with E-state index >= 15 is 0 Å². The van der Waals surface area contributed by atoms with E-state index < -0.39 is 0 Å². The van der Waals surface area contributed by atoms with Gasteiger partial charge in [-0.05, 0) is 59.3 Å². The van der Waals surface area contributed by atoms with E-state index in [1.54, 1.807) is 0 Å². The molecule has 1 aromatic carbocycles. The number of hydrogen-bond donors (Lipinski definition) is 1. The minimum atomic E-state index is 0.447. The van der Waals surface area contributed by atoms with E-state index in [9.17, 15) is 0 Å². The molecule has 2 nitrogen and oxygen atoms in total. The Morgan fingerprint density at radius 1 is 1.38 bits per heavy atom. The molecule has 4 heteroatoms. The maximum absolute atomic E-state index is 5.75. The van der Waals surface area contributed by atoms with E-state index in [1.165, 1.54) is 37.8 Å². The van der Waals surface area contributed by atoms with Crippen LogP contribution in [0.15, 0.2) is 22.7 Å². The Morgan fingerprint density at radius 2 is 2.05 bits per heavy atom. The molecule has 1 saturated carbocycles. The Labute approximate surface area is 142 Å². The van der Waals surface area contributed by atoms with E-state index in [2.05, 4.69) is 46.8 Å². The molecule has 0 amide bonds. The van der Waals surface area contributed by atoms with Gasteiger partial charge in [0.15, 0.2) is 0 Å². The van der Waals surface area contributed by atoms with Crippen LogP contribution >= 0.6 is 28.1 Å². The van der Waals surface area contributed by atoms with Crippen molar-refractivity contribution >= 4 is 38.8 Å². The minimum Gasteiger partial charge on any atom is -0.389 e. The fourth-order valence-electron chi connectivity index (χ4n) is 3.02. The standard InChI is InChI=1S/C17H25BrN2S/c1-12(2)9-10-20(13-5-3-4-6-13)14-7-8-15(17(19)21)16(18)11-14/h7-8,11-13H,3-6,9-10H2,1-2H3,(H2,19,21). The molecule has 0 spiro atoms. The van der Waals surface area contributed by atoms with Gasteiger partial charge in [0.2, 0.25) is 0 Å². The number of nitrogens with two attached hydrogens (primary N) is 1. The first kappa shape index (κ1) is 16.8. The first-order valence-electron chi connectivity index (χ1n) is 7.85. The Balaban J connectivity index is 2.22. The first-order valence-corrected chi connectivity index (χ1v) is 9.05. The molecule has 1 aromatic rings. The summed E-state index contributed by atoms with van der Waals surface area (Å²) in [5, 5.41) is 0. The van der Waals surface area contributed by atoms with Gasteiger partial charge >= 0.3 is 0 Å². The average Bonchev–Trinajstić information content (AvgIpc) is 2.92. The lowest BCUT2D eigenvalue weighted by molar-refractivity contribution is 0.528. The maximum Gasteiger partial charge on any atom is 0.105 e. The van der Waals surface area contributed by atoms with E-state index in [-0.39, 0.29) is 0 Å². The largest absolute Gasteiger partial charge is 0.389 e. The van der Waals surface area contributed by atoms with Crippen molar-refractivity contribution in [3.05, 3.63) is 28.2 Å². The van der Waals surface area contributed by atoms with Crippen LogP contribution < -0.4 is 10.6 Å². The molecule has 21 heavy (non-hydrogen) atoms. The minimum absolute atomic E-state index is 0.447. The summed E-state index contributed by atoms with van der Waals surface area (Å²) in [5.41, 5.74) is 7.96. The molecular formula is C17H25BrN2S. The highest BCUT2D eigenvalue weighted by Crippen LogP contribution is 2.31. The van der Waals surface area contributed by atoms with Gasteiger partial charge in [0.25, 0.3) is 0 Å². The fourth-order valence-corrected chi connectivity index (χ4v) is 3.91. The first-order chi connectivity index (χ1) is 9.99. The zero-order valence-corrected chi connectivity index (χ0v) is 15.3. The summed E-state index contributed by atoms with van der Waals surface area (Å²) in [6.07, 6.45) is 6.56. The Kier molecular flexibility index (Phi) is 6.06. The molecular weight excluding hydrogens is 344 g/mol. The van der Waals surface area contributed by atoms with Crippen molar-refractivity contribution in [2.45, 2.75) is 52.0 Å². The Hall–Kier alpha value is -0.610. The number of hydrogen-bond acceptors (Lipinski definition) is 2. The molecule has 0 heterocycles. The van der Waals surface area contributed by atoms with Gasteiger partial charge in [0, 0.05) is 28.3 Å². The van der Waals surface area contributed by atoms with Gasteiger partial charge in [-0.3, -0.25) is 0 Å². The van der Waals surface area contributed by atoms with E-state index in [0.717, 1.165) is 22.5 Å². The predicted molar refractivity (Wildman–Crippen MR) is 99.1 cm³/mol. The number of rotatable bonds is 6. The lowest BCUT2D eigenvalue weighted by atomic mass is 10.1. The van der Waals surface area contributed by atoms with Crippen LogP contribution in [0.4, 0.5) is 5.69 Å². The third-order valence-corrected chi connectivity index (χ3v) is 5.14. The average molecular weight is 369 g/mol. The molecule has 1 fully saturated rings. The van der Waals surface area contributed by atoms with Crippen LogP contribution in [-0.4, -0.2) is 17.6 Å². The lowest BCUT2D eigenvalue weighted by Gasteiger charge is -2.32. The summed E-state index contributed by atoms with van der Waals surface area (Å²) >= 11 is 8.70. The van der Waals surface area contributed by atoms with Crippen molar-refractivity contribution in [2.24, 2.45) is 11.7 Å². The third kappa shape index (κ3) is 4.43. The summed E-state index contributed by atoms with van der Waals surface area (Å²) in [7, 11) is 0. The zero-order chi connectivity index (χ0) is 15.4. The third-order valence-electron chi connectivity index (χ3n) is 4.26. The Bertz CT molecular complexity index is 496. The van der Waals surface area contributed by atoms with Gasteiger partial charge in [-0.1, -0.05) is 38.9 Å². The van der Waals surface area contributed by atoms with Crippen LogP contribution in [0.1, 0.15) is 51.5 Å². The van der Waals surface area contributed by atoms with Crippen LogP contribution in [0.25, 0.3) is 0 Å². The van der Waals surface area contributed by atoms with E-state index in [4.69, 9.17) is 18.0 Å². The lowest BCUT2D eigenvalue weighted by Crippen LogP contribution is -2.34. The fraction of sp³-hybridized carbons (Fsp3) is 0.588. The molecule has 0 saturated heterocycles. The number of thiocarbonyl (C=S) groups is 1. The number of anilines is 1. The van der Waals surface area contributed by atoms with Crippen molar-refractivity contribution in [1.29, 1.82) is 0 Å². The summed E-state index contributed by atoms with van der Waals surface area (Å²) in [6, 6.07) is 7.07. The number of nitrogens with zero attached hydrogens (tertiary/aromatic N) is 1. The van der Waals surface area contributed by atoms with Crippen molar-refractivity contribution in [3.63, 3.8) is 0 Å². The molecule has 0 atom stereocenters. The van der Waals surface area contributed by atoms with Crippen molar-refractivity contribution < 1.29 is 0 Å². The molecule has 0 aromatic heterocycles. The van der Waals surface area contributed by atoms with Crippen LogP contribution in [0, 0.1) is 5.92 Å². The molecule has 2 N–H and O–H groups in total. The molecule has 116 valence electrons. The smallest absolute Gasteiger partial charge is 0.105 e. The summed E-state index contributed by atoms with van der Waals surface area (Å²) in [5.74, 6) is 0.730. The van der Waals surface area contributed by atoms with E-state index in [1.807, 2.05) is 6.07 Å². The van der Waals surface area contributed by atoms with E-state index in [0.29, 0.717) is 11.0 Å². The van der Waals surface area contributed by atoms with Gasteiger partial charge in [0.05, 0.1) is 0 Å². The molecule has 1 aliphatic carbocycles.